The Kier molecular flexibility index (Phi) is 20.3. The van der Waals surface area contributed by atoms with Crippen LogP contribution in [-0.4, -0.2) is 86.9 Å². The summed E-state index contributed by atoms with van der Waals surface area (Å²) >= 11 is 4.47. The average molecular weight is 644 g/mol. The number of ether oxygens (including phenoxy) is 6. The average Bonchev–Trinajstić information content (AvgIpc) is 2.71. The van der Waals surface area contributed by atoms with Gasteiger partial charge in [0.05, 0.1) is 52.9 Å². The van der Waals surface area contributed by atoms with Crippen molar-refractivity contribution in [2.24, 2.45) is 5.41 Å². The predicted molar refractivity (Wildman–Crippen MR) is 126 cm³/mol. The minimum absolute atomic E-state index is 0.158. The SMILES string of the molecule is CCOC(=O)C(CCOCCOCCI)(CCOCCOCCI)C(=O)OCC. The molecule has 172 valence electrons. The molecule has 0 aromatic rings. The first kappa shape index (κ1) is 29.2. The number of carbonyl (C=O) groups is 2. The second-order valence-corrected chi connectivity index (χ2v) is 8.01. The van der Waals surface area contributed by atoms with Crippen LogP contribution < -0.4 is 0 Å². The van der Waals surface area contributed by atoms with Crippen LogP contribution >= 0.6 is 45.2 Å². The second kappa shape index (κ2) is 20.2. The van der Waals surface area contributed by atoms with E-state index in [0.29, 0.717) is 39.6 Å². The lowest BCUT2D eigenvalue weighted by Gasteiger charge is -2.29. The third-order valence-corrected chi connectivity index (χ3v) is 4.75. The van der Waals surface area contributed by atoms with E-state index in [1.54, 1.807) is 13.8 Å². The molecule has 0 unspecified atom stereocenters. The zero-order valence-electron chi connectivity index (χ0n) is 17.4. The summed E-state index contributed by atoms with van der Waals surface area (Å²) < 4.78 is 34.0. The molecule has 0 fully saturated rings. The highest BCUT2D eigenvalue weighted by atomic mass is 127. The van der Waals surface area contributed by atoms with Crippen molar-refractivity contribution in [2.75, 3.05) is 74.9 Å². The number of halogens is 2. The molecule has 0 aliphatic rings. The van der Waals surface area contributed by atoms with E-state index in [0.717, 1.165) is 8.86 Å². The summed E-state index contributed by atoms with van der Waals surface area (Å²) in [5.41, 5.74) is -1.45. The first-order valence-electron chi connectivity index (χ1n) is 9.86. The Labute approximate surface area is 201 Å². The van der Waals surface area contributed by atoms with Gasteiger partial charge in [-0.3, -0.25) is 9.59 Å². The van der Waals surface area contributed by atoms with Crippen LogP contribution in [0.3, 0.4) is 0 Å². The number of alkyl halides is 2. The molecule has 29 heavy (non-hydrogen) atoms. The standard InChI is InChI=1S/C19H34I2O8/c1-3-28-17(22)19(18(23)29-4-2,5-9-24-13-15-26-11-7-20)6-10-25-14-16-27-12-8-21/h3-16H2,1-2H3. The summed E-state index contributed by atoms with van der Waals surface area (Å²) in [4.78, 5) is 25.4. The third-order valence-electron chi connectivity index (χ3n) is 3.87. The maximum atomic E-state index is 12.7. The third kappa shape index (κ3) is 13.3. The maximum absolute atomic E-state index is 12.7. The fourth-order valence-electron chi connectivity index (χ4n) is 2.40. The van der Waals surface area contributed by atoms with Gasteiger partial charge in [-0.05, 0) is 26.7 Å². The van der Waals surface area contributed by atoms with Crippen LogP contribution in [0.15, 0.2) is 0 Å². The minimum Gasteiger partial charge on any atom is -0.465 e. The van der Waals surface area contributed by atoms with Gasteiger partial charge in [0.2, 0.25) is 0 Å². The first-order valence-corrected chi connectivity index (χ1v) is 12.9. The molecule has 0 aliphatic carbocycles. The number of rotatable bonds is 20. The molecule has 0 saturated carbocycles. The van der Waals surface area contributed by atoms with Gasteiger partial charge in [0.15, 0.2) is 5.41 Å². The van der Waals surface area contributed by atoms with Crippen molar-refractivity contribution in [3.63, 3.8) is 0 Å². The lowest BCUT2D eigenvalue weighted by Crippen LogP contribution is -2.44. The van der Waals surface area contributed by atoms with E-state index in [1.807, 2.05) is 0 Å². The van der Waals surface area contributed by atoms with Crippen molar-refractivity contribution < 1.29 is 38.0 Å². The Morgan fingerprint density at radius 3 is 1.28 bits per heavy atom. The van der Waals surface area contributed by atoms with Gasteiger partial charge >= 0.3 is 11.9 Å². The highest BCUT2D eigenvalue weighted by Crippen LogP contribution is 2.31. The van der Waals surface area contributed by atoms with Crippen molar-refractivity contribution >= 4 is 57.1 Å². The summed E-state index contributed by atoms with van der Waals surface area (Å²) in [7, 11) is 0. The van der Waals surface area contributed by atoms with Crippen LogP contribution in [0.1, 0.15) is 26.7 Å². The minimum atomic E-state index is -1.45. The van der Waals surface area contributed by atoms with Gasteiger partial charge in [0.25, 0.3) is 0 Å². The van der Waals surface area contributed by atoms with E-state index in [2.05, 4.69) is 45.2 Å². The summed E-state index contributed by atoms with van der Waals surface area (Å²) in [5.74, 6) is -1.21. The number of hydrogen-bond acceptors (Lipinski definition) is 8. The molecule has 0 rings (SSSR count). The van der Waals surface area contributed by atoms with Crippen LogP contribution in [-0.2, 0) is 38.0 Å². The van der Waals surface area contributed by atoms with Crippen LogP contribution in [0, 0.1) is 5.41 Å². The first-order chi connectivity index (χ1) is 14.1. The van der Waals surface area contributed by atoms with E-state index in [9.17, 15) is 9.59 Å². The van der Waals surface area contributed by atoms with Crippen LogP contribution in [0.25, 0.3) is 0 Å². The lowest BCUT2D eigenvalue weighted by atomic mass is 9.81. The van der Waals surface area contributed by atoms with Crippen molar-refractivity contribution in [2.45, 2.75) is 26.7 Å². The summed E-state index contributed by atoms with van der Waals surface area (Å²) in [6.45, 7) is 7.23. The van der Waals surface area contributed by atoms with Gasteiger partial charge in [0, 0.05) is 22.1 Å². The molecule has 0 aromatic carbocycles. The number of carbonyl (C=O) groups excluding carboxylic acids is 2. The molecule has 8 nitrogen and oxygen atoms in total. The monoisotopic (exact) mass is 644 g/mol. The van der Waals surface area contributed by atoms with Crippen molar-refractivity contribution in [3.8, 4) is 0 Å². The Balaban J connectivity index is 4.81. The molecule has 0 spiro atoms. The van der Waals surface area contributed by atoms with E-state index in [1.165, 1.54) is 0 Å². The van der Waals surface area contributed by atoms with Gasteiger partial charge in [-0.2, -0.15) is 0 Å². The Morgan fingerprint density at radius 1 is 0.621 bits per heavy atom. The van der Waals surface area contributed by atoms with E-state index in [-0.39, 0.29) is 39.3 Å². The quantitative estimate of drug-likeness (QED) is 0.0658. The zero-order chi connectivity index (χ0) is 21.8. The number of hydrogen-bond donors (Lipinski definition) is 0. The highest BCUT2D eigenvalue weighted by molar-refractivity contribution is 14.1. The molecule has 0 atom stereocenters. The number of esters is 2. The fraction of sp³-hybridized carbons (Fsp3) is 0.895. The molecule has 0 saturated heterocycles. The molecule has 0 aliphatic heterocycles. The largest absolute Gasteiger partial charge is 0.465 e. The molecule has 10 heteroatoms. The zero-order valence-corrected chi connectivity index (χ0v) is 21.7. The topological polar surface area (TPSA) is 89.5 Å². The van der Waals surface area contributed by atoms with Gasteiger partial charge < -0.3 is 28.4 Å². The van der Waals surface area contributed by atoms with Crippen LogP contribution in [0.5, 0.6) is 0 Å². The molecule has 0 heterocycles. The van der Waals surface area contributed by atoms with E-state index >= 15 is 0 Å². The Bertz CT molecular complexity index is 385. The normalized spacial score (nSPS) is 11.4. The van der Waals surface area contributed by atoms with Gasteiger partial charge in [-0.25, -0.2) is 0 Å². The van der Waals surface area contributed by atoms with Crippen molar-refractivity contribution in [1.82, 2.24) is 0 Å². The van der Waals surface area contributed by atoms with Gasteiger partial charge in [-0.1, -0.05) is 45.2 Å². The van der Waals surface area contributed by atoms with Gasteiger partial charge in [0.1, 0.15) is 0 Å². The molecular weight excluding hydrogens is 610 g/mol. The molecular formula is C19H34I2O8. The molecule has 0 N–H and O–H groups in total. The predicted octanol–water partition coefficient (Wildman–Crippen LogP) is 2.82. The highest BCUT2D eigenvalue weighted by Gasteiger charge is 2.48. The summed E-state index contributed by atoms with van der Waals surface area (Å²) in [5, 5.41) is 0. The van der Waals surface area contributed by atoms with Crippen molar-refractivity contribution in [3.05, 3.63) is 0 Å². The molecule has 0 bridgehead atoms. The van der Waals surface area contributed by atoms with E-state index < -0.39 is 17.4 Å². The fourth-order valence-corrected chi connectivity index (χ4v) is 3.02. The second-order valence-electron chi connectivity index (χ2n) is 5.85. The Hall–Kier alpha value is 0.240. The van der Waals surface area contributed by atoms with Gasteiger partial charge in [-0.15, -0.1) is 0 Å². The smallest absolute Gasteiger partial charge is 0.323 e. The van der Waals surface area contributed by atoms with E-state index in [4.69, 9.17) is 28.4 Å². The Morgan fingerprint density at radius 2 is 0.966 bits per heavy atom. The van der Waals surface area contributed by atoms with Crippen LogP contribution in [0.2, 0.25) is 0 Å². The molecule has 0 amide bonds. The summed E-state index contributed by atoms with van der Waals surface area (Å²) in [6, 6.07) is 0. The van der Waals surface area contributed by atoms with Crippen molar-refractivity contribution in [1.29, 1.82) is 0 Å². The van der Waals surface area contributed by atoms with Crippen LogP contribution in [0.4, 0.5) is 0 Å². The molecule has 0 radical (unpaired) electrons. The maximum Gasteiger partial charge on any atom is 0.323 e. The summed E-state index contributed by atoms with van der Waals surface area (Å²) in [6.07, 6.45) is 0.317. The lowest BCUT2D eigenvalue weighted by molar-refractivity contribution is -0.175. The molecule has 0 aromatic heterocycles.